The predicted molar refractivity (Wildman–Crippen MR) is 60.3 cm³/mol. The molecule has 0 spiro atoms. The van der Waals surface area contributed by atoms with Gasteiger partial charge in [0.1, 0.15) is 5.60 Å². The summed E-state index contributed by atoms with van der Waals surface area (Å²) >= 11 is 0. The molecule has 0 aromatic heterocycles. The molecule has 0 N–H and O–H groups in total. The summed E-state index contributed by atoms with van der Waals surface area (Å²) in [6, 6.07) is 9.84. The van der Waals surface area contributed by atoms with Gasteiger partial charge in [-0.3, -0.25) is 4.79 Å². The number of hydrogen-bond donors (Lipinski definition) is 0. The number of hydrogen-bond acceptors (Lipinski definition) is 2. The minimum absolute atomic E-state index is 0.258. The van der Waals surface area contributed by atoms with E-state index in [9.17, 15) is 4.79 Å². The summed E-state index contributed by atoms with van der Waals surface area (Å²) in [7, 11) is 0. The van der Waals surface area contributed by atoms with E-state index in [4.69, 9.17) is 4.74 Å². The van der Waals surface area contributed by atoms with Crippen molar-refractivity contribution in [2.24, 2.45) is 0 Å². The van der Waals surface area contributed by atoms with Gasteiger partial charge in [0.05, 0.1) is 6.42 Å². The van der Waals surface area contributed by atoms with Gasteiger partial charge in [-0.2, -0.15) is 0 Å². The first-order chi connectivity index (χ1) is 6.97. The number of esters is 1. The SMILES string of the molecule is CC(C)(C)OC(=O)[CH]Cc1ccccc1. The van der Waals surface area contributed by atoms with Crippen molar-refractivity contribution in [3.8, 4) is 0 Å². The summed E-state index contributed by atoms with van der Waals surface area (Å²) in [6.07, 6.45) is 2.19. The Bertz CT molecular complexity index is 309. The molecule has 1 rings (SSSR count). The second-order valence-corrected chi connectivity index (χ2v) is 4.43. The first-order valence-electron chi connectivity index (χ1n) is 5.07. The summed E-state index contributed by atoms with van der Waals surface area (Å²) in [5, 5.41) is 0. The Labute approximate surface area is 91.3 Å². The van der Waals surface area contributed by atoms with Gasteiger partial charge in [0, 0.05) is 0 Å². The number of rotatable bonds is 3. The van der Waals surface area contributed by atoms with E-state index in [1.807, 2.05) is 51.1 Å². The Morgan fingerprint density at radius 2 is 1.87 bits per heavy atom. The van der Waals surface area contributed by atoms with Crippen molar-refractivity contribution in [3.05, 3.63) is 42.3 Å². The van der Waals surface area contributed by atoms with E-state index in [1.54, 1.807) is 6.42 Å². The zero-order valence-electron chi connectivity index (χ0n) is 9.49. The number of benzene rings is 1. The van der Waals surface area contributed by atoms with E-state index < -0.39 is 5.60 Å². The smallest absolute Gasteiger partial charge is 0.310 e. The summed E-state index contributed by atoms with van der Waals surface area (Å²) in [5.74, 6) is -0.258. The highest BCUT2D eigenvalue weighted by Crippen LogP contribution is 2.09. The van der Waals surface area contributed by atoms with Crippen LogP contribution in [-0.2, 0) is 16.0 Å². The van der Waals surface area contributed by atoms with Crippen LogP contribution in [0.15, 0.2) is 30.3 Å². The third-order valence-corrected chi connectivity index (χ3v) is 1.75. The van der Waals surface area contributed by atoms with Gasteiger partial charge in [-0.05, 0) is 32.8 Å². The first kappa shape index (κ1) is 11.8. The average molecular weight is 205 g/mol. The summed E-state index contributed by atoms with van der Waals surface area (Å²) < 4.78 is 5.16. The molecule has 0 aliphatic heterocycles. The van der Waals surface area contributed by atoms with Crippen LogP contribution in [0.3, 0.4) is 0 Å². The lowest BCUT2D eigenvalue weighted by atomic mass is 10.1. The monoisotopic (exact) mass is 205 g/mol. The molecule has 0 aliphatic carbocycles. The van der Waals surface area contributed by atoms with Crippen LogP contribution in [0.5, 0.6) is 0 Å². The fraction of sp³-hybridized carbons (Fsp3) is 0.385. The highest BCUT2D eigenvalue weighted by Gasteiger charge is 2.15. The largest absolute Gasteiger partial charge is 0.460 e. The second kappa shape index (κ2) is 4.96. The highest BCUT2D eigenvalue weighted by molar-refractivity contribution is 5.79. The van der Waals surface area contributed by atoms with E-state index >= 15 is 0 Å². The Kier molecular flexibility index (Phi) is 3.89. The van der Waals surface area contributed by atoms with Gasteiger partial charge < -0.3 is 4.74 Å². The number of ether oxygens (including phenoxy) is 1. The topological polar surface area (TPSA) is 26.3 Å². The quantitative estimate of drug-likeness (QED) is 0.709. The summed E-state index contributed by atoms with van der Waals surface area (Å²) in [6.45, 7) is 5.59. The zero-order valence-corrected chi connectivity index (χ0v) is 9.49. The summed E-state index contributed by atoms with van der Waals surface area (Å²) in [4.78, 5) is 11.4. The Hall–Kier alpha value is -1.31. The molecule has 2 heteroatoms. The van der Waals surface area contributed by atoms with Crippen molar-refractivity contribution < 1.29 is 9.53 Å². The normalized spacial score (nSPS) is 11.1. The van der Waals surface area contributed by atoms with Gasteiger partial charge in [-0.1, -0.05) is 30.3 Å². The molecule has 0 bridgehead atoms. The molecule has 1 aromatic rings. The van der Waals surface area contributed by atoms with E-state index in [1.165, 1.54) is 0 Å². The molecule has 1 radical (unpaired) electrons. The van der Waals surface area contributed by atoms with Crippen LogP contribution >= 0.6 is 0 Å². The molecule has 0 unspecified atom stereocenters. The van der Waals surface area contributed by atoms with Crippen LogP contribution in [0.4, 0.5) is 0 Å². The van der Waals surface area contributed by atoms with Crippen LogP contribution in [0.2, 0.25) is 0 Å². The van der Waals surface area contributed by atoms with Gasteiger partial charge in [0.25, 0.3) is 0 Å². The third-order valence-electron chi connectivity index (χ3n) is 1.75. The molecule has 81 valence electrons. The van der Waals surface area contributed by atoms with Crippen molar-refractivity contribution >= 4 is 5.97 Å². The number of carbonyl (C=O) groups excluding carboxylic acids is 1. The van der Waals surface area contributed by atoms with E-state index in [2.05, 4.69) is 0 Å². The summed E-state index contributed by atoms with van der Waals surface area (Å²) in [5.41, 5.74) is 0.702. The standard InChI is InChI=1S/C13H17O2/c1-13(2,3)15-12(14)10-9-11-7-5-4-6-8-11/h4-8,10H,9H2,1-3H3. The second-order valence-electron chi connectivity index (χ2n) is 4.43. The van der Waals surface area contributed by atoms with Gasteiger partial charge >= 0.3 is 5.97 Å². The van der Waals surface area contributed by atoms with Crippen molar-refractivity contribution in [3.63, 3.8) is 0 Å². The molecule has 1 aromatic carbocycles. The van der Waals surface area contributed by atoms with Crippen molar-refractivity contribution in [1.82, 2.24) is 0 Å². The lowest BCUT2D eigenvalue weighted by molar-refractivity contribution is -0.150. The lowest BCUT2D eigenvalue weighted by Gasteiger charge is -2.19. The van der Waals surface area contributed by atoms with Gasteiger partial charge in [0.2, 0.25) is 0 Å². The zero-order chi connectivity index (χ0) is 11.3. The molecular formula is C13H17O2. The van der Waals surface area contributed by atoms with Crippen molar-refractivity contribution in [1.29, 1.82) is 0 Å². The minimum atomic E-state index is -0.412. The maximum atomic E-state index is 11.4. The van der Waals surface area contributed by atoms with E-state index in [0.717, 1.165) is 5.56 Å². The van der Waals surface area contributed by atoms with E-state index in [-0.39, 0.29) is 5.97 Å². The van der Waals surface area contributed by atoms with Crippen molar-refractivity contribution in [2.45, 2.75) is 32.8 Å². The molecule has 0 saturated heterocycles. The fourth-order valence-corrected chi connectivity index (χ4v) is 1.16. The van der Waals surface area contributed by atoms with Crippen LogP contribution < -0.4 is 0 Å². The lowest BCUT2D eigenvalue weighted by Crippen LogP contribution is -2.24. The third kappa shape index (κ3) is 5.21. The maximum absolute atomic E-state index is 11.4. The molecule has 0 aliphatic rings. The Balaban J connectivity index is 2.35. The van der Waals surface area contributed by atoms with E-state index in [0.29, 0.717) is 6.42 Å². The minimum Gasteiger partial charge on any atom is -0.460 e. The highest BCUT2D eigenvalue weighted by atomic mass is 16.6. The average Bonchev–Trinajstić information content (AvgIpc) is 2.14. The van der Waals surface area contributed by atoms with Gasteiger partial charge in [-0.25, -0.2) is 0 Å². The first-order valence-corrected chi connectivity index (χ1v) is 5.07. The molecule has 0 fully saturated rings. The van der Waals surface area contributed by atoms with Crippen LogP contribution in [-0.4, -0.2) is 11.6 Å². The molecule has 0 heterocycles. The van der Waals surface area contributed by atoms with Gasteiger partial charge in [0.15, 0.2) is 0 Å². The molecule has 0 amide bonds. The molecular weight excluding hydrogens is 188 g/mol. The predicted octanol–water partition coefficient (Wildman–Crippen LogP) is 2.78. The molecule has 15 heavy (non-hydrogen) atoms. The van der Waals surface area contributed by atoms with Crippen LogP contribution in [0.25, 0.3) is 0 Å². The molecule has 0 atom stereocenters. The van der Waals surface area contributed by atoms with Crippen LogP contribution in [0, 0.1) is 6.42 Å². The van der Waals surface area contributed by atoms with Crippen molar-refractivity contribution in [2.75, 3.05) is 0 Å². The van der Waals surface area contributed by atoms with Gasteiger partial charge in [-0.15, -0.1) is 0 Å². The Morgan fingerprint density at radius 3 is 2.40 bits per heavy atom. The number of carbonyl (C=O) groups is 1. The Morgan fingerprint density at radius 1 is 1.27 bits per heavy atom. The fourth-order valence-electron chi connectivity index (χ4n) is 1.16. The van der Waals surface area contributed by atoms with Crippen LogP contribution in [0.1, 0.15) is 26.3 Å². The molecule has 0 saturated carbocycles. The maximum Gasteiger partial charge on any atom is 0.310 e. The molecule has 2 nitrogen and oxygen atoms in total.